The molecule has 1 fully saturated rings. The molecule has 3 rings (SSSR count). The van der Waals surface area contributed by atoms with Crippen molar-refractivity contribution < 1.29 is 19.0 Å². The van der Waals surface area contributed by atoms with Crippen LogP contribution < -0.4 is 15.1 Å². The Morgan fingerprint density at radius 2 is 2.04 bits per heavy atom. The summed E-state index contributed by atoms with van der Waals surface area (Å²) in [6.45, 7) is 1.99. The maximum absolute atomic E-state index is 12.6. The molecule has 8 heteroatoms. The first-order valence-electron chi connectivity index (χ1n) is 9.62. The second-order valence-electron chi connectivity index (χ2n) is 7.36. The average molecular weight is 387 g/mol. The first kappa shape index (κ1) is 19.9. The van der Waals surface area contributed by atoms with E-state index in [1.54, 1.807) is 18.4 Å². The number of amides is 1. The summed E-state index contributed by atoms with van der Waals surface area (Å²) in [6.07, 6.45) is 4.81. The van der Waals surface area contributed by atoms with Gasteiger partial charge in [0.15, 0.2) is 11.8 Å². The van der Waals surface area contributed by atoms with Gasteiger partial charge in [0.2, 0.25) is 0 Å². The van der Waals surface area contributed by atoms with E-state index in [1.807, 2.05) is 31.1 Å². The molecule has 1 aliphatic heterocycles. The molecule has 150 valence electrons. The van der Waals surface area contributed by atoms with Crippen LogP contribution in [0.3, 0.4) is 0 Å². The lowest BCUT2D eigenvalue weighted by Gasteiger charge is -2.28. The molecule has 2 N–H and O–H groups in total. The zero-order valence-corrected chi connectivity index (χ0v) is 16.3. The minimum atomic E-state index is -0.406. The van der Waals surface area contributed by atoms with Gasteiger partial charge in [-0.1, -0.05) is 0 Å². The topological polar surface area (TPSA) is 93.1 Å². The lowest BCUT2D eigenvalue weighted by molar-refractivity contribution is -0.891. The number of benzene rings is 1. The zero-order chi connectivity index (χ0) is 20.1. The van der Waals surface area contributed by atoms with Crippen molar-refractivity contribution >= 4 is 17.3 Å². The Bertz CT molecular complexity index is 814. The highest BCUT2D eigenvalue weighted by atomic mass is 16.6. The molecule has 0 aliphatic carbocycles. The van der Waals surface area contributed by atoms with Crippen LogP contribution in [0.4, 0.5) is 11.4 Å². The third-order valence-electron chi connectivity index (χ3n) is 5.18. The fourth-order valence-corrected chi connectivity index (χ4v) is 3.59. The van der Waals surface area contributed by atoms with E-state index >= 15 is 0 Å². The van der Waals surface area contributed by atoms with Crippen molar-refractivity contribution in [3.8, 4) is 0 Å². The molecule has 1 aromatic carbocycles. The standard InChI is InChI=1S/C20H26N4O4/c1-22(2)18(19-7-6-12-28-19)14-21-20(25)15-8-9-16(17(13-15)24(26)27)23-10-4-3-5-11-23/h6-9,12-13,18H,3-5,10-11,14H2,1-2H3,(H,21,25)/p+1/t18-/m1/s1. The molecule has 0 radical (unpaired) electrons. The van der Waals surface area contributed by atoms with Gasteiger partial charge in [0, 0.05) is 24.7 Å². The summed E-state index contributed by atoms with van der Waals surface area (Å²) in [5, 5.41) is 14.5. The number of furan rings is 1. The van der Waals surface area contributed by atoms with Crippen molar-refractivity contribution in [3.05, 3.63) is 58.0 Å². The number of likely N-dealkylation sites (N-methyl/N-ethyl adjacent to an activating group) is 1. The van der Waals surface area contributed by atoms with Gasteiger partial charge in [0.05, 0.1) is 31.8 Å². The monoisotopic (exact) mass is 387 g/mol. The smallest absolute Gasteiger partial charge is 0.293 e. The second-order valence-corrected chi connectivity index (χ2v) is 7.36. The molecule has 1 aliphatic rings. The minimum absolute atomic E-state index is 0.0182. The molecule has 0 bridgehead atoms. The van der Waals surface area contributed by atoms with Crippen molar-refractivity contribution in [1.29, 1.82) is 0 Å². The van der Waals surface area contributed by atoms with Gasteiger partial charge in [-0.3, -0.25) is 14.9 Å². The summed E-state index contributed by atoms with van der Waals surface area (Å²) in [5.74, 6) is 0.456. The highest BCUT2D eigenvalue weighted by molar-refractivity contribution is 5.95. The molecule has 0 unspecified atom stereocenters. The fourth-order valence-electron chi connectivity index (χ4n) is 3.59. The number of nitrogens with one attached hydrogen (secondary N) is 2. The first-order valence-corrected chi connectivity index (χ1v) is 9.62. The number of rotatable bonds is 7. The summed E-state index contributed by atoms with van der Waals surface area (Å²) in [6, 6.07) is 8.39. The summed E-state index contributed by atoms with van der Waals surface area (Å²) in [7, 11) is 3.97. The van der Waals surface area contributed by atoms with Crippen LogP contribution in [0.5, 0.6) is 0 Å². The molecular weight excluding hydrogens is 360 g/mol. The molecule has 2 aromatic rings. The van der Waals surface area contributed by atoms with Crippen LogP contribution in [0.1, 0.15) is 41.4 Å². The molecule has 0 saturated carbocycles. The van der Waals surface area contributed by atoms with Crippen LogP contribution in [0, 0.1) is 10.1 Å². The van der Waals surface area contributed by atoms with Crippen LogP contribution in [0.15, 0.2) is 41.0 Å². The summed E-state index contributed by atoms with van der Waals surface area (Å²) < 4.78 is 5.46. The zero-order valence-electron chi connectivity index (χ0n) is 16.3. The van der Waals surface area contributed by atoms with Gasteiger partial charge in [-0.25, -0.2) is 0 Å². The number of piperidine rings is 1. The van der Waals surface area contributed by atoms with E-state index in [4.69, 9.17) is 4.42 Å². The van der Waals surface area contributed by atoms with Crippen LogP contribution in [-0.4, -0.2) is 44.6 Å². The lowest BCUT2D eigenvalue weighted by atomic mass is 10.1. The van der Waals surface area contributed by atoms with Gasteiger partial charge in [0.25, 0.3) is 11.6 Å². The SMILES string of the molecule is C[NH+](C)[C@H](CNC(=O)c1ccc(N2CCCCC2)c([N+](=O)[O-])c1)c1ccco1. The number of quaternary nitrogens is 1. The number of nitro groups is 1. The molecule has 1 saturated heterocycles. The van der Waals surface area contributed by atoms with Gasteiger partial charge in [0.1, 0.15) is 5.69 Å². The highest BCUT2D eigenvalue weighted by Crippen LogP contribution is 2.31. The third kappa shape index (κ3) is 4.51. The van der Waals surface area contributed by atoms with Gasteiger partial charge < -0.3 is 19.5 Å². The van der Waals surface area contributed by atoms with Crippen LogP contribution in [-0.2, 0) is 0 Å². The molecule has 8 nitrogen and oxygen atoms in total. The average Bonchev–Trinajstić information content (AvgIpc) is 3.22. The van der Waals surface area contributed by atoms with Crippen molar-refractivity contribution in [3.63, 3.8) is 0 Å². The van der Waals surface area contributed by atoms with E-state index in [2.05, 4.69) is 5.32 Å². The Hall–Kier alpha value is -2.87. The number of carbonyl (C=O) groups is 1. The Labute approximate surface area is 164 Å². The number of nitro benzene ring substituents is 1. The quantitative estimate of drug-likeness (QED) is 0.558. The van der Waals surface area contributed by atoms with Crippen molar-refractivity contribution in [2.45, 2.75) is 25.3 Å². The van der Waals surface area contributed by atoms with E-state index in [9.17, 15) is 14.9 Å². The molecular formula is C20H27N4O4+. The molecule has 1 aromatic heterocycles. The maximum Gasteiger partial charge on any atom is 0.293 e. The predicted octanol–water partition coefficient (Wildman–Crippen LogP) is 1.79. The molecule has 0 spiro atoms. The van der Waals surface area contributed by atoms with Crippen LogP contribution >= 0.6 is 0 Å². The molecule has 2 heterocycles. The largest absolute Gasteiger partial charge is 0.463 e. The molecule has 1 atom stereocenters. The Morgan fingerprint density at radius 1 is 1.29 bits per heavy atom. The summed E-state index contributed by atoms with van der Waals surface area (Å²) in [5.41, 5.74) is 0.863. The van der Waals surface area contributed by atoms with Crippen LogP contribution in [0.2, 0.25) is 0 Å². The number of hydrogen-bond donors (Lipinski definition) is 2. The van der Waals surface area contributed by atoms with Crippen LogP contribution in [0.25, 0.3) is 0 Å². The highest BCUT2D eigenvalue weighted by Gasteiger charge is 2.25. The third-order valence-corrected chi connectivity index (χ3v) is 5.18. The fraction of sp³-hybridized carbons (Fsp3) is 0.450. The van der Waals surface area contributed by atoms with Crippen molar-refractivity contribution in [2.75, 3.05) is 38.6 Å². The lowest BCUT2D eigenvalue weighted by Crippen LogP contribution is -3.07. The van der Waals surface area contributed by atoms with E-state index < -0.39 is 4.92 Å². The van der Waals surface area contributed by atoms with Gasteiger partial charge in [-0.15, -0.1) is 0 Å². The normalized spacial score (nSPS) is 15.5. The summed E-state index contributed by atoms with van der Waals surface area (Å²) >= 11 is 0. The van der Waals surface area contributed by atoms with E-state index in [1.165, 1.54) is 6.07 Å². The van der Waals surface area contributed by atoms with E-state index in [0.29, 0.717) is 17.8 Å². The Kier molecular flexibility index (Phi) is 6.30. The number of carbonyl (C=O) groups excluding carboxylic acids is 1. The summed E-state index contributed by atoms with van der Waals surface area (Å²) in [4.78, 5) is 26.9. The second kappa shape index (κ2) is 8.88. The van der Waals surface area contributed by atoms with Gasteiger partial charge in [-0.2, -0.15) is 0 Å². The van der Waals surface area contributed by atoms with Gasteiger partial charge >= 0.3 is 0 Å². The maximum atomic E-state index is 12.6. The number of hydrogen-bond acceptors (Lipinski definition) is 5. The van der Waals surface area contributed by atoms with Crippen molar-refractivity contribution in [2.24, 2.45) is 0 Å². The first-order chi connectivity index (χ1) is 13.5. The predicted molar refractivity (Wildman–Crippen MR) is 106 cm³/mol. The van der Waals surface area contributed by atoms with Crippen molar-refractivity contribution in [1.82, 2.24) is 5.32 Å². The van der Waals surface area contributed by atoms with E-state index in [0.717, 1.165) is 43.0 Å². The number of anilines is 1. The number of nitrogens with zero attached hydrogens (tertiary/aromatic N) is 2. The molecule has 28 heavy (non-hydrogen) atoms. The molecule has 1 amide bonds. The van der Waals surface area contributed by atoms with E-state index in [-0.39, 0.29) is 17.6 Å². The van der Waals surface area contributed by atoms with Gasteiger partial charge in [-0.05, 0) is 43.5 Å². The Morgan fingerprint density at radius 3 is 2.64 bits per heavy atom. The minimum Gasteiger partial charge on any atom is -0.463 e. The Balaban J connectivity index is 1.74.